The lowest BCUT2D eigenvalue weighted by Crippen LogP contribution is -2.20. The molecule has 0 aliphatic rings. The summed E-state index contributed by atoms with van der Waals surface area (Å²) in [5, 5.41) is 3.43. The van der Waals surface area contributed by atoms with Crippen LogP contribution < -0.4 is 11.1 Å². The van der Waals surface area contributed by atoms with Crippen LogP contribution in [0.5, 0.6) is 0 Å². The van der Waals surface area contributed by atoms with E-state index in [9.17, 15) is 4.79 Å². The number of nitrogens with two attached hydrogens (primary N) is 1. The molecule has 4 heteroatoms. The van der Waals surface area contributed by atoms with Gasteiger partial charge in [-0.1, -0.05) is 28.1 Å². The van der Waals surface area contributed by atoms with Crippen LogP contribution in [0.1, 0.15) is 37.8 Å². The standard InChI is InChI=1S/C13H19BrN2O/c1-10(11-5-4-6-12(14)9-11)16-8-3-2-7-13(15)17/h4-6,9-10,16H,2-3,7-8H2,1H3,(H2,15,17). The van der Waals surface area contributed by atoms with Crippen LogP contribution in [0.15, 0.2) is 28.7 Å². The Balaban J connectivity index is 2.25. The summed E-state index contributed by atoms with van der Waals surface area (Å²) in [6.45, 7) is 3.04. The van der Waals surface area contributed by atoms with E-state index in [0.717, 1.165) is 23.9 Å². The Morgan fingerprint density at radius 2 is 2.24 bits per heavy atom. The summed E-state index contributed by atoms with van der Waals surface area (Å²) in [6.07, 6.45) is 2.31. The molecule has 17 heavy (non-hydrogen) atoms. The zero-order chi connectivity index (χ0) is 12.7. The van der Waals surface area contributed by atoms with Gasteiger partial charge in [0.25, 0.3) is 0 Å². The van der Waals surface area contributed by atoms with Crippen molar-refractivity contribution in [1.82, 2.24) is 5.32 Å². The first kappa shape index (κ1) is 14.2. The van der Waals surface area contributed by atoms with E-state index in [1.165, 1.54) is 5.56 Å². The second-order valence-corrected chi connectivity index (χ2v) is 5.07. The zero-order valence-corrected chi connectivity index (χ0v) is 11.7. The molecule has 1 amide bonds. The second kappa shape index (κ2) is 7.45. The summed E-state index contributed by atoms with van der Waals surface area (Å²) in [4.78, 5) is 10.6. The van der Waals surface area contributed by atoms with Gasteiger partial charge in [-0.05, 0) is 44.0 Å². The van der Waals surface area contributed by atoms with Crippen LogP contribution in [0, 0.1) is 0 Å². The highest BCUT2D eigenvalue weighted by molar-refractivity contribution is 9.10. The number of benzene rings is 1. The first-order valence-electron chi connectivity index (χ1n) is 5.86. The van der Waals surface area contributed by atoms with Gasteiger partial charge in [-0.3, -0.25) is 4.79 Å². The summed E-state index contributed by atoms with van der Waals surface area (Å²) >= 11 is 3.46. The van der Waals surface area contributed by atoms with E-state index in [2.05, 4.69) is 40.3 Å². The molecule has 0 aliphatic carbocycles. The number of unbranched alkanes of at least 4 members (excludes halogenated alkanes) is 1. The lowest BCUT2D eigenvalue weighted by atomic mass is 10.1. The molecule has 0 radical (unpaired) electrons. The average molecular weight is 299 g/mol. The molecule has 0 aromatic heterocycles. The summed E-state index contributed by atoms with van der Waals surface area (Å²) in [5.74, 6) is -0.218. The van der Waals surface area contributed by atoms with Crippen molar-refractivity contribution in [1.29, 1.82) is 0 Å². The minimum absolute atomic E-state index is 0.218. The zero-order valence-electron chi connectivity index (χ0n) is 10.1. The summed E-state index contributed by atoms with van der Waals surface area (Å²) < 4.78 is 1.09. The van der Waals surface area contributed by atoms with Gasteiger partial charge in [0.1, 0.15) is 0 Å². The molecule has 3 nitrogen and oxygen atoms in total. The van der Waals surface area contributed by atoms with Crippen LogP contribution in [0.4, 0.5) is 0 Å². The Labute approximate surface area is 111 Å². The van der Waals surface area contributed by atoms with Crippen molar-refractivity contribution in [3.05, 3.63) is 34.3 Å². The lowest BCUT2D eigenvalue weighted by molar-refractivity contribution is -0.118. The first-order valence-corrected chi connectivity index (χ1v) is 6.66. The lowest BCUT2D eigenvalue weighted by Gasteiger charge is -2.14. The molecule has 1 aromatic carbocycles. The van der Waals surface area contributed by atoms with Crippen molar-refractivity contribution in [3.8, 4) is 0 Å². The topological polar surface area (TPSA) is 55.1 Å². The molecular weight excluding hydrogens is 280 g/mol. The Morgan fingerprint density at radius 3 is 2.88 bits per heavy atom. The first-order chi connectivity index (χ1) is 8.09. The number of carbonyl (C=O) groups is 1. The molecular formula is C13H19BrN2O. The SMILES string of the molecule is CC(NCCCCC(N)=O)c1cccc(Br)c1. The molecule has 0 fully saturated rings. The Morgan fingerprint density at radius 1 is 1.47 bits per heavy atom. The molecule has 0 heterocycles. The second-order valence-electron chi connectivity index (χ2n) is 4.15. The summed E-state index contributed by atoms with van der Waals surface area (Å²) in [6, 6.07) is 8.59. The van der Waals surface area contributed by atoms with Crippen LogP contribution in [0.25, 0.3) is 0 Å². The maximum absolute atomic E-state index is 10.6. The maximum Gasteiger partial charge on any atom is 0.217 e. The minimum atomic E-state index is -0.218. The fourth-order valence-electron chi connectivity index (χ4n) is 1.64. The van der Waals surface area contributed by atoms with Crippen molar-refractivity contribution in [2.75, 3.05) is 6.54 Å². The molecule has 1 atom stereocenters. The van der Waals surface area contributed by atoms with Gasteiger partial charge in [-0.15, -0.1) is 0 Å². The minimum Gasteiger partial charge on any atom is -0.370 e. The number of amides is 1. The largest absolute Gasteiger partial charge is 0.370 e. The molecule has 1 rings (SSSR count). The number of halogens is 1. The van der Waals surface area contributed by atoms with Gasteiger partial charge in [-0.2, -0.15) is 0 Å². The highest BCUT2D eigenvalue weighted by Crippen LogP contribution is 2.17. The van der Waals surface area contributed by atoms with Gasteiger partial charge in [0.05, 0.1) is 0 Å². The smallest absolute Gasteiger partial charge is 0.217 e. The number of rotatable bonds is 7. The van der Waals surface area contributed by atoms with Gasteiger partial charge >= 0.3 is 0 Å². The highest BCUT2D eigenvalue weighted by atomic mass is 79.9. The number of hydrogen-bond donors (Lipinski definition) is 2. The van der Waals surface area contributed by atoms with E-state index in [4.69, 9.17) is 5.73 Å². The van der Waals surface area contributed by atoms with Crippen molar-refractivity contribution >= 4 is 21.8 Å². The quantitative estimate of drug-likeness (QED) is 0.761. The van der Waals surface area contributed by atoms with E-state index in [-0.39, 0.29) is 5.91 Å². The van der Waals surface area contributed by atoms with Crippen LogP contribution in [0.2, 0.25) is 0 Å². The van der Waals surface area contributed by atoms with Gasteiger partial charge < -0.3 is 11.1 Å². The fourth-order valence-corrected chi connectivity index (χ4v) is 2.05. The molecule has 94 valence electrons. The van der Waals surface area contributed by atoms with Gasteiger partial charge in [-0.25, -0.2) is 0 Å². The molecule has 0 aliphatic heterocycles. The van der Waals surface area contributed by atoms with Crippen molar-refractivity contribution < 1.29 is 4.79 Å². The molecule has 0 saturated carbocycles. The number of nitrogens with one attached hydrogen (secondary N) is 1. The predicted octanol–water partition coefficient (Wildman–Crippen LogP) is 2.76. The number of hydrogen-bond acceptors (Lipinski definition) is 2. The van der Waals surface area contributed by atoms with Gasteiger partial charge in [0.2, 0.25) is 5.91 Å². The average Bonchev–Trinajstić information content (AvgIpc) is 2.28. The third-order valence-electron chi connectivity index (χ3n) is 2.65. The van der Waals surface area contributed by atoms with Gasteiger partial charge in [0, 0.05) is 16.9 Å². The van der Waals surface area contributed by atoms with Crippen molar-refractivity contribution in [2.45, 2.75) is 32.2 Å². The van der Waals surface area contributed by atoms with E-state index in [1.54, 1.807) is 0 Å². The number of primary amides is 1. The Bertz CT molecular complexity index is 368. The third-order valence-corrected chi connectivity index (χ3v) is 3.14. The van der Waals surface area contributed by atoms with Crippen LogP contribution in [0.3, 0.4) is 0 Å². The molecule has 1 aromatic rings. The molecule has 0 bridgehead atoms. The third kappa shape index (κ3) is 5.84. The molecule has 0 saturated heterocycles. The van der Waals surface area contributed by atoms with Gasteiger partial charge in [0.15, 0.2) is 0 Å². The maximum atomic E-state index is 10.6. The molecule has 3 N–H and O–H groups in total. The van der Waals surface area contributed by atoms with E-state index < -0.39 is 0 Å². The fraction of sp³-hybridized carbons (Fsp3) is 0.462. The summed E-state index contributed by atoms with van der Waals surface area (Å²) in [5.41, 5.74) is 6.34. The van der Waals surface area contributed by atoms with Crippen LogP contribution >= 0.6 is 15.9 Å². The normalized spacial score (nSPS) is 12.4. The Hall–Kier alpha value is -0.870. The van der Waals surface area contributed by atoms with Crippen LogP contribution in [-0.2, 0) is 4.79 Å². The monoisotopic (exact) mass is 298 g/mol. The van der Waals surface area contributed by atoms with E-state index >= 15 is 0 Å². The number of carbonyl (C=O) groups excluding carboxylic acids is 1. The Kier molecular flexibility index (Phi) is 6.22. The van der Waals surface area contributed by atoms with Crippen LogP contribution in [-0.4, -0.2) is 12.5 Å². The highest BCUT2D eigenvalue weighted by Gasteiger charge is 2.04. The molecule has 1 unspecified atom stereocenters. The van der Waals surface area contributed by atoms with Crippen molar-refractivity contribution in [3.63, 3.8) is 0 Å². The summed E-state index contributed by atoms with van der Waals surface area (Å²) in [7, 11) is 0. The predicted molar refractivity (Wildman–Crippen MR) is 73.6 cm³/mol. The molecule has 0 spiro atoms. The van der Waals surface area contributed by atoms with E-state index in [1.807, 2.05) is 12.1 Å². The van der Waals surface area contributed by atoms with E-state index in [0.29, 0.717) is 12.5 Å². The van der Waals surface area contributed by atoms with Crippen molar-refractivity contribution in [2.24, 2.45) is 5.73 Å².